The van der Waals surface area contributed by atoms with E-state index < -0.39 is 0 Å². The number of methoxy groups -OCH3 is 1. The van der Waals surface area contributed by atoms with Gasteiger partial charge in [0.1, 0.15) is 0 Å². The van der Waals surface area contributed by atoms with Crippen molar-refractivity contribution in [2.24, 2.45) is 4.99 Å². The fourth-order valence-corrected chi connectivity index (χ4v) is 2.78. The van der Waals surface area contributed by atoms with Crippen LogP contribution in [0.2, 0.25) is 0 Å². The zero-order valence-electron chi connectivity index (χ0n) is 15.0. The number of benzene rings is 1. The molecule has 1 aliphatic heterocycles. The highest BCUT2D eigenvalue weighted by Crippen LogP contribution is 2.20. The number of rotatable bonds is 7. The maximum atomic E-state index is 5.07. The van der Waals surface area contributed by atoms with Crippen molar-refractivity contribution in [3.8, 4) is 0 Å². The van der Waals surface area contributed by atoms with E-state index in [-0.39, 0.29) is 24.0 Å². The molecule has 5 nitrogen and oxygen atoms in total. The van der Waals surface area contributed by atoms with E-state index in [0.29, 0.717) is 6.04 Å². The zero-order chi connectivity index (χ0) is 16.5. The van der Waals surface area contributed by atoms with Crippen LogP contribution in [0.3, 0.4) is 0 Å². The molecule has 0 amide bonds. The summed E-state index contributed by atoms with van der Waals surface area (Å²) in [6.07, 6.45) is 2.09. The number of anilines is 1. The number of hydrogen-bond donors (Lipinski definition) is 2. The third-order valence-corrected chi connectivity index (χ3v) is 4.05. The van der Waals surface area contributed by atoms with Crippen LogP contribution in [0.4, 0.5) is 5.69 Å². The van der Waals surface area contributed by atoms with Gasteiger partial charge < -0.3 is 20.3 Å². The predicted molar refractivity (Wildman–Crippen MR) is 113 cm³/mol. The minimum Gasteiger partial charge on any atom is -0.385 e. The lowest BCUT2D eigenvalue weighted by atomic mass is 10.2. The normalized spacial score (nSPS) is 17.5. The van der Waals surface area contributed by atoms with Gasteiger partial charge in [0, 0.05) is 51.6 Å². The molecule has 24 heavy (non-hydrogen) atoms. The van der Waals surface area contributed by atoms with Crippen molar-refractivity contribution in [3.05, 3.63) is 29.8 Å². The van der Waals surface area contributed by atoms with Crippen LogP contribution in [0.15, 0.2) is 29.3 Å². The molecule has 2 rings (SSSR count). The van der Waals surface area contributed by atoms with E-state index in [2.05, 4.69) is 58.6 Å². The Kier molecular flexibility index (Phi) is 10.1. The summed E-state index contributed by atoms with van der Waals surface area (Å²) >= 11 is 0. The lowest BCUT2D eigenvalue weighted by Gasteiger charge is -2.20. The number of nitrogens with one attached hydrogen (secondary N) is 2. The quantitative estimate of drug-likeness (QED) is 0.293. The van der Waals surface area contributed by atoms with Gasteiger partial charge in [0.25, 0.3) is 0 Å². The molecule has 136 valence electrons. The van der Waals surface area contributed by atoms with Gasteiger partial charge in [0.2, 0.25) is 0 Å². The Labute approximate surface area is 163 Å². The molecule has 6 heteroatoms. The second-order valence-corrected chi connectivity index (χ2v) is 6.02. The topological polar surface area (TPSA) is 48.9 Å². The molecule has 1 fully saturated rings. The number of hydrogen-bond acceptors (Lipinski definition) is 3. The van der Waals surface area contributed by atoms with Crippen molar-refractivity contribution in [2.75, 3.05) is 44.8 Å². The molecular weight excluding hydrogens is 415 g/mol. The SMILES string of the molecule is CCNC(=NCCCOC)NC1CCN(c2ccc(C)cc2)C1.I. The Morgan fingerprint density at radius 2 is 2.08 bits per heavy atom. The van der Waals surface area contributed by atoms with Crippen molar-refractivity contribution in [1.29, 1.82) is 0 Å². The summed E-state index contributed by atoms with van der Waals surface area (Å²) in [5.74, 6) is 0.916. The molecule has 1 atom stereocenters. The summed E-state index contributed by atoms with van der Waals surface area (Å²) in [5.41, 5.74) is 2.61. The molecule has 2 N–H and O–H groups in total. The molecule has 1 heterocycles. The first-order chi connectivity index (χ1) is 11.2. The van der Waals surface area contributed by atoms with Crippen molar-refractivity contribution in [2.45, 2.75) is 32.7 Å². The van der Waals surface area contributed by atoms with Crippen LogP contribution < -0.4 is 15.5 Å². The smallest absolute Gasteiger partial charge is 0.191 e. The van der Waals surface area contributed by atoms with E-state index in [1.54, 1.807) is 7.11 Å². The summed E-state index contributed by atoms with van der Waals surface area (Å²) in [5, 5.41) is 6.89. The van der Waals surface area contributed by atoms with Gasteiger partial charge in [-0.05, 0) is 38.8 Å². The summed E-state index contributed by atoms with van der Waals surface area (Å²) < 4.78 is 5.07. The molecule has 1 aliphatic rings. The Bertz CT molecular complexity index is 492. The minimum absolute atomic E-state index is 0. The van der Waals surface area contributed by atoms with Crippen molar-refractivity contribution in [3.63, 3.8) is 0 Å². The highest BCUT2D eigenvalue weighted by Gasteiger charge is 2.23. The number of aryl methyl sites for hydroxylation is 1. The number of ether oxygens (including phenoxy) is 1. The van der Waals surface area contributed by atoms with Crippen LogP contribution in [0.5, 0.6) is 0 Å². The Morgan fingerprint density at radius 3 is 2.75 bits per heavy atom. The highest BCUT2D eigenvalue weighted by atomic mass is 127. The zero-order valence-corrected chi connectivity index (χ0v) is 17.4. The van der Waals surface area contributed by atoms with Gasteiger partial charge in [-0.25, -0.2) is 0 Å². The summed E-state index contributed by atoms with van der Waals surface area (Å²) in [6.45, 7) is 8.76. The predicted octanol–water partition coefficient (Wildman–Crippen LogP) is 2.78. The average molecular weight is 446 g/mol. The molecule has 0 bridgehead atoms. The van der Waals surface area contributed by atoms with Gasteiger partial charge >= 0.3 is 0 Å². The lowest BCUT2D eigenvalue weighted by Crippen LogP contribution is -2.44. The molecule has 0 aromatic heterocycles. The molecule has 0 radical (unpaired) electrons. The summed E-state index contributed by atoms with van der Waals surface area (Å²) in [7, 11) is 1.73. The van der Waals surface area contributed by atoms with E-state index in [9.17, 15) is 0 Å². The van der Waals surface area contributed by atoms with Crippen LogP contribution in [-0.2, 0) is 4.74 Å². The van der Waals surface area contributed by atoms with Crippen molar-refractivity contribution < 1.29 is 4.74 Å². The maximum absolute atomic E-state index is 5.07. The number of nitrogens with zero attached hydrogens (tertiary/aromatic N) is 2. The van der Waals surface area contributed by atoms with Crippen LogP contribution in [-0.4, -0.2) is 51.9 Å². The first-order valence-corrected chi connectivity index (χ1v) is 8.58. The third-order valence-electron chi connectivity index (χ3n) is 4.05. The van der Waals surface area contributed by atoms with Gasteiger partial charge in [0.15, 0.2) is 5.96 Å². The summed E-state index contributed by atoms with van der Waals surface area (Å²) in [6, 6.07) is 9.22. The van der Waals surface area contributed by atoms with Gasteiger partial charge in [-0.2, -0.15) is 0 Å². The molecule has 1 aromatic rings. The largest absolute Gasteiger partial charge is 0.385 e. The first kappa shape index (κ1) is 21.0. The van der Waals surface area contributed by atoms with Crippen LogP contribution in [0.1, 0.15) is 25.3 Å². The maximum Gasteiger partial charge on any atom is 0.191 e. The molecule has 0 aliphatic carbocycles. The van der Waals surface area contributed by atoms with E-state index in [1.807, 2.05) is 0 Å². The standard InChI is InChI=1S/C18H30N4O.HI/c1-4-19-18(20-11-5-13-23-3)21-16-10-12-22(14-16)17-8-6-15(2)7-9-17;/h6-9,16H,4-5,10-14H2,1-3H3,(H2,19,20,21);1H. The van der Waals surface area contributed by atoms with Gasteiger partial charge in [0.05, 0.1) is 0 Å². The number of aliphatic imine (C=N–C) groups is 1. The van der Waals surface area contributed by atoms with Gasteiger partial charge in [-0.1, -0.05) is 17.7 Å². The van der Waals surface area contributed by atoms with Crippen LogP contribution in [0, 0.1) is 6.92 Å². The fraction of sp³-hybridized carbons (Fsp3) is 0.611. The average Bonchev–Trinajstić information content (AvgIpc) is 3.01. The van der Waals surface area contributed by atoms with Crippen molar-refractivity contribution in [1.82, 2.24) is 10.6 Å². The van der Waals surface area contributed by atoms with Gasteiger partial charge in [-0.15, -0.1) is 24.0 Å². The van der Waals surface area contributed by atoms with Crippen LogP contribution in [0.25, 0.3) is 0 Å². The molecule has 1 aromatic carbocycles. The second kappa shape index (κ2) is 11.5. The third kappa shape index (κ3) is 6.84. The molecule has 1 saturated heterocycles. The Balaban J connectivity index is 0.00000288. The highest BCUT2D eigenvalue weighted by molar-refractivity contribution is 14.0. The Morgan fingerprint density at radius 1 is 1.33 bits per heavy atom. The number of halogens is 1. The van der Waals surface area contributed by atoms with E-state index in [4.69, 9.17) is 4.74 Å². The van der Waals surface area contributed by atoms with E-state index in [1.165, 1.54) is 11.3 Å². The second-order valence-electron chi connectivity index (χ2n) is 6.02. The monoisotopic (exact) mass is 446 g/mol. The molecule has 0 saturated carbocycles. The Hall–Kier alpha value is -1.02. The van der Waals surface area contributed by atoms with Crippen LogP contribution >= 0.6 is 24.0 Å². The van der Waals surface area contributed by atoms with E-state index in [0.717, 1.165) is 51.6 Å². The molecule has 1 unspecified atom stereocenters. The van der Waals surface area contributed by atoms with Gasteiger partial charge in [-0.3, -0.25) is 4.99 Å². The first-order valence-electron chi connectivity index (χ1n) is 8.58. The number of guanidine groups is 1. The van der Waals surface area contributed by atoms with Crippen molar-refractivity contribution >= 4 is 35.6 Å². The summed E-state index contributed by atoms with van der Waals surface area (Å²) in [4.78, 5) is 7.06. The molecular formula is C18H31IN4O. The van der Waals surface area contributed by atoms with E-state index >= 15 is 0 Å². The minimum atomic E-state index is 0. The molecule has 0 spiro atoms. The fourth-order valence-electron chi connectivity index (χ4n) is 2.78. The lowest BCUT2D eigenvalue weighted by molar-refractivity contribution is 0.197.